The molecule has 0 saturated carbocycles. The van der Waals surface area contributed by atoms with Gasteiger partial charge in [0.25, 0.3) is 5.91 Å². The number of hydrogen-bond donors (Lipinski definition) is 0. The highest BCUT2D eigenvalue weighted by Gasteiger charge is 2.24. The molecule has 3 rings (SSSR count). The summed E-state index contributed by atoms with van der Waals surface area (Å²) in [6.45, 7) is 6.09. The lowest BCUT2D eigenvalue weighted by molar-refractivity contribution is -0.137. The van der Waals surface area contributed by atoms with E-state index in [1.807, 2.05) is 66.3 Å². The maximum Gasteiger partial charge on any atom is 0.263 e. The molecule has 1 unspecified atom stereocenters. The summed E-state index contributed by atoms with van der Waals surface area (Å²) < 4.78 is 7.60. The Morgan fingerprint density at radius 2 is 2.00 bits per heavy atom. The van der Waals surface area contributed by atoms with Gasteiger partial charge in [-0.25, -0.2) is 0 Å². The molecule has 1 fully saturated rings. The molecule has 25 heavy (non-hydrogen) atoms. The first-order valence-electron chi connectivity index (χ1n) is 8.82. The summed E-state index contributed by atoms with van der Waals surface area (Å²) in [5.74, 6) is 0.795. The molecule has 1 atom stereocenters. The summed E-state index contributed by atoms with van der Waals surface area (Å²) in [4.78, 5) is 17.0. The molecule has 0 radical (unpaired) electrons. The quantitative estimate of drug-likeness (QED) is 0.833. The lowest BCUT2D eigenvalue weighted by Crippen LogP contribution is -2.42. The lowest BCUT2D eigenvalue weighted by atomic mass is 10.3. The van der Waals surface area contributed by atoms with Crippen molar-refractivity contribution in [1.29, 1.82) is 0 Å². The van der Waals surface area contributed by atoms with Gasteiger partial charge in [-0.05, 0) is 25.5 Å². The van der Waals surface area contributed by atoms with E-state index in [0.717, 1.165) is 44.9 Å². The fraction of sp³-hybridized carbons (Fsp3) is 0.474. The number of aromatic nitrogens is 2. The van der Waals surface area contributed by atoms with Crippen molar-refractivity contribution < 1.29 is 9.53 Å². The Morgan fingerprint density at radius 3 is 2.72 bits per heavy atom. The largest absolute Gasteiger partial charge is 0.481 e. The number of nitrogens with zero attached hydrogens (tertiary/aromatic N) is 4. The Balaban J connectivity index is 1.52. The third kappa shape index (κ3) is 4.82. The molecule has 2 heterocycles. The number of carbonyl (C=O) groups is 1. The van der Waals surface area contributed by atoms with Crippen LogP contribution in [-0.2, 0) is 18.4 Å². The molecule has 6 heteroatoms. The number of amides is 1. The van der Waals surface area contributed by atoms with Gasteiger partial charge in [0.1, 0.15) is 5.75 Å². The van der Waals surface area contributed by atoms with Gasteiger partial charge in [0.2, 0.25) is 0 Å². The minimum Gasteiger partial charge on any atom is -0.481 e. The lowest BCUT2D eigenvalue weighted by Gasteiger charge is -2.25. The summed E-state index contributed by atoms with van der Waals surface area (Å²) in [7, 11) is 1.93. The van der Waals surface area contributed by atoms with E-state index in [9.17, 15) is 4.79 Å². The van der Waals surface area contributed by atoms with Gasteiger partial charge in [-0.15, -0.1) is 0 Å². The molecular formula is C19H26N4O2. The van der Waals surface area contributed by atoms with Gasteiger partial charge >= 0.3 is 0 Å². The monoisotopic (exact) mass is 342 g/mol. The average molecular weight is 342 g/mol. The standard InChI is InChI=1S/C19H26N4O2/c1-16(25-18-7-4-3-5-8-18)19(24)23-10-6-9-22(11-12-23)15-17-13-20-21(2)14-17/h3-5,7-8,13-14,16H,6,9-12,15H2,1-2H3. The molecule has 1 amide bonds. The smallest absolute Gasteiger partial charge is 0.263 e. The van der Waals surface area contributed by atoms with Crippen LogP contribution in [0, 0.1) is 0 Å². The van der Waals surface area contributed by atoms with E-state index in [1.165, 1.54) is 5.56 Å². The maximum absolute atomic E-state index is 12.7. The minimum absolute atomic E-state index is 0.0621. The fourth-order valence-corrected chi connectivity index (χ4v) is 3.17. The van der Waals surface area contributed by atoms with Crippen LogP contribution in [0.25, 0.3) is 0 Å². The molecule has 1 aromatic heterocycles. The summed E-state index contributed by atoms with van der Waals surface area (Å²) >= 11 is 0. The van der Waals surface area contributed by atoms with Crippen LogP contribution in [0.15, 0.2) is 42.7 Å². The van der Waals surface area contributed by atoms with Crippen LogP contribution in [-0.4, -0.2) is 57.8 Å². The van der Waals surface area contributed by atoms with Crippen molar-refractivity contribution in [1.82, 2.24) is 19.6 Å². The summed E-state index contributed by atoms with van der Waals surface area (Å²) in [6.07, 6.45) is 4.46. The van der Waals surface area contributed by atoms with Crippen LogP contribution in [0.3, 0.4) is 0 Å². The van der Waals surface area contributed by atoms with E-state index in [1.54, 1.807) is 0 Å². The van der Waals surface area contributed by atoms with Crippen molar-refractivity contribution in [3.05, 3.63) is 48.3 Å². The number of ether oxygens (including phenoxy) is 1. The molecular weight excluding hydrogens is 316 g/mol. The highest BCUT2D eigenvalue weighted by molar-refractivity contribution is 5.81. The van der Waals surface area contributed by atoms with E-state index >= 15 is 0 Å². The van der Waals surface area contributed by atoms with Crippen molar-refractivity contribution in [2.45, 2.75) is 26.0 Å². The third-order valence-corrected chi connectivity index (χ3v) is 4.47. The third-order valence-electron chi connectivity index (χ3n) is 4.47. The zero-order chi connectivity index (χ0) is 17.6. The Bertz CT molecular complexity index is 686. The minimum atomic E-state index is -0.465. The second kappa shape index (κ2) is 8.16. The molecule has 0 bridgehead atoms. The average Bonchev–Trinajstić information content (AvgIpc) is 2.88. The van der Waals surface area contributed by atoms with Gasteiger partial charge in [-0.1, -0.05) is 18.2 Å². The molecule has 0 spiro atoms. The van der Waals surface area contributed by atoms with Crippen molar-refractivity contribution in [2.75, 3.05) is 26.2 Å². The van der Waals surface area contributed by atoms with Crippen LogP contribution < -0.4 is 4.74 Å². The Morgan fingerprint density at radius 1 is 1.20 bits per heavy atom. The molecule has 6 nitrogen and oxygen atoms in total. The molecule has 2 aromatic rings. The topological polar surface area (TPSA) is 50.6 Å². The second-order valence-corrected chi connectivity index (χ2v) is 6.55. The normalized spacial score (nSPS) is 17.1. The maximum atomic E-state index is 12.7. The molecule has 0 aliphatic carbocycles. The Labute approximate surface area is 149 Å². The Kier molecular flexibility index (Phi) is 5.71. The second-order valence-electron chi connectivity index (χ2n) is 6.55. The number of para-hydroxylation sites is 1. The molecule has 1 aliphatic rings. The highest BCUT2D eigenvalue weighted by atomic mass is 16.5. The van der Waals surface area contributed by atoms with Gasteiger partial charge in [-0.3, -0.25) is 14.4 Å². The number of carbonyl (C=O) groups excluding carboxylic acids is 1. The highest BCUT2D eigenvalue weighted by Crippen LogP contribution is 2.14. The van der Waals surface area contributed by atoms with Gasteiger partial charge < -0.3 is 9.64 Å². The molecule has 0 N–H and O–H groups in total. The molecule has 1 aliphatic heterocycles. The zero-order valence-corrected chi connectivity index (χ0v) is 15.0. The zero-order valence-electron chi connectivity index (χ0n) is 15.0. The van der Waals surface area contributed by atoms with Crippen LogP contribution >= 0.6 is 0 Å². The molecule has 134 valence electrons. The van der Waals surface area contributed by atoms with Crippen LogP contribution in [0.2, 0.25) is 0 Å². The van der Waals surface area contributed by atoms with Crippen molar-refractivity contribution in [2.24, 2.45) is 7.05 Å². The number of rotatable bonds is 5. The molecule has 1 saturated heterocycles. The van der Waals surface area contributed by atoms with Crippen molar-refractivity contribution >= 4 is 5.91 Å². The first-order chi connectivity index (χ1) is 12.1. The van der Waals surface area contributed by atoms with E-state index in [4.69, 9.17) is 4.74 Å². The summed E-state index contributed by atoms with van der Waals surface area (Å²) in [6, 6.07) is 9.51. The van der Waals surface area contributed by atoms with E-state index in [2.05, 4.69) is 10.00 Å². The summed E-state index contributed by atoms with van der Waals surface area (Å²) in [5.41, 5.74) is 1.21. The van der Waals surface area contributed by atoms with Gasteiger partial charge in [-0.2, -0.15) is 5.10 Å². The van der Waals surface area contributed by atoms with Gasteiger partial charge in [0, 0.05) is 51.5 Å². The van der Waals surface area contributed by atoms with Gasteiger partial charge in [0.05, 0.1) is 6.20 Å². The molecule has 1 aromatic carbocycles. The number of benzene rings is 1. The van der Waals surface area contributed by atoms with Crippen LogP contribution in [0.4, 0.5) is 0 Å². The fourth-order valence-electron chi connectivity index (χ4n) is 3.17. The number of aryl methyl sites for hydroxylation is 1. The number of hydrogen-bond acceptors (Lipinski definition) is 4. The predicted octanol–water partition coefficient (Wildman–Crippen LogP) is 1.92. The van der Waals surface area contributed by atoms with Crippen molar-refractivity contribution in [3.8, 4) is 5.75 Å². The Hall–Kier alpha value is -2.34. The first-order valence-corrected chi connectivity index (χ1v) is 8.82. The van der Waals surface area contributed by atoms with Crippen LogP contribution in [0.1, 0.15) is 18.9 Å². The van der Waals surface area contributed by atoms with Gasteiger partial charge in [0.15, 0.2) is 6.10 Å². The van der Waals surface area contributed by atoms with E-state index in [-0.39, 0.29) is 5.91 Å². The predicted molar refractivity (Wildman–Crippen MR) is 96.2 cm³/mol. The first kappa shape index (κ1) is 17.5. The van der Waals surface area contributed by atoms with E-state index in [0.29, 0.717) is 0 Å². The SMILES string of the molecule is CC(Oc1ccccc1)C(=O)N1CCCN(Cc2cnn(C)c2)CC1. The van der Waals surface area contributed by atoms with E-state index < -0.39 is 6.10 Å². The summed E-state index contributed by atoms with van der Waals surface area (Å²) in [5, 5.41) is 4.22. The van der Waals surface area contributed by atoms with Crippen molar-refractivity contribution in [3.63, 3.8) is 0 Å². The van der Waals surface area contributed by atoms with Crippen LogP contribution in [0.5, 0.6) is 5.75 Å².